The second kappa shape index (κ2) is 8.53. The second-order valence-electron chi connectivity index (χ2n) is 3.44. The number of rotatable bonds is 9. The Labute approximate surface area is 112 Å². The smallest absolute Gasteiger partial charge is 0.395 e. The van der Waals surface area contributed by atoms with Crippen LogP contribution in [0.3, 0.4) is 0 Å². The van der Waals surface area contributed by atoms with Gasteiger partial charge in [-0.1, -0.05) is 0 Å². The van der Waals surface area contributed by atoms with Gasteiger partial charge in [0.25, 0.3) is 0 Å². The van der Waals surface area contributed by atoms with Crippen LogP contribution in [-0.2, 0) is 21.0 Å². The molecule has 0 spiro atoms. The average Bonchev–Trinajstić information content (AvgIpc) is 2.30. The molecule has 1 atom stereocenters. The molecule has 0 N–H and O–H groups in total. The van der Waals surface area contributed by atoms with E-state index in [1.165, 1.54) is 27.9 Å². The molecule has 0 radical (unpaired) electrons. The summed E-state index contributed by atoms with van der Waals surface area (Å²) in [5.41, 5.74) is 0. The summed E-state index contributed by atoms with van der Waals surface area (Å²) in [6, 6.07) is -0.247. The van der Waals surface area contributed by atoms with Crippen LogP contribution >= 0.6 is 12.3 Å². The van der Waals surface area contributed by atoms with Gasteiger partial charge in [0, 0.05) is 20.6 Å². The fraction of sp³-hybridized carbons (Fsp3) is 1.00. The van der Waals surface area contributed by atoms with Gasteiger partial charge in [-0.25, -0.2) is 0 Å². The Morgan fingerprint density at radius 3 is 2.11 bits per heavy atom. The number of hydrogen-bond donors (Lipinski definition) is 0. The zero-order chi connectivity index (χ0) is 14.2. The van der Waals surface area contributed by atoms with Crippen LogP contribution in [0.2, 0.25) is 12.6 Å². The van der Waals surface area contributed by atoms with Crippen molar-refractivity contribution < 1.29 is 34.2 Å². The molecule has 0 amide bonds. The number of hydrogen-bond acceptors (Lipinski definition) is 6. The molecule has 0 rings (SSSR count). The summed E-state index contributed by atoms with van der Waals surface area (Å²) in [6.45, 7) is 1.52. The monoisotopic (exact) mass is 326 g/mol. The molecule has 0 bridgehead atoms. The fourth-order valence-electron chi connectivity index (χ4n) is 0.991. The van der Waals surface area contributed by atoms with Gasteiger partial charge in [-0.15, -0.1) is 0 Å². The van der Waals surface area contributed by atoms with Gasteiger partial charge in [0.1, 0.15) is 12.3 Å². The van der Waals surface area contributed by atoms with Gasteiger partial charge >= 0.3 is 24.3 Å². The molecule has 1 unspecified atom stereocenters. The lowest BCUT2D eigenvalue weighted by molar-refractivity contribution is -0.131. The van der Waals surface area contributed by atoms with Crippen molar-refractivity contribution in [3.63, 3.8) is 0 Å². The topological polar surface area (TPSA) is 46.2 Å². The van der Waals surface area contributed by atoms with E-state index in [-0.39, 0.29) is 6.04 Å². The molecule has 5 nitrogen and oxygen atoms in total. The predicted octanol–water partition coefficient (Wildman–Crippen LogP) is 2.26. The van der Waals surface area contributed by atoms with Crippen LogP contribution in [0.5, 0.6) is 0 Å². The second-order valence-corrected chi connectivity index (χ2v) is 9.81. The van der Waals surface area contributed by atoms with Crippen molar-refractivity contribution in [1.82, 2.24) is 0 Å². The van der Waals surface area contributed by atoms with Gasteiger partial charge in [0.05, 0.1) is 7.11 Å². The van der Waals surface area contributed by atoms with Gasteiger partial charge < -0.3 is 16.8 Å². The van der Waals surface area contributed by atoms with E-state index in [0.29, 0.717) is 12.3 Å². The van der Waals surface area contributed by atoms with Crippen molar-refractivity contribution in [3.8, 4) is 0 Å². The van der Waals surface area contributed by atoms with Crippen LogP contribution in [0.4, 0.5) is 13.2 Å². The number of halogens is 3. The molecule has 0 saturated heterocycles. The minimum Gasteiger partial charge on any atom is -0.395 e. The Kier molecular flexibility index (Phi) is 8.70. The summed E-state index contributed by atoms with van der Waals surface area (Å²) in [5.74, 6) is 0. The van der Waals surface area contributed by atoms with Gasteiger partial charge in [-0.3, -0.25) is 4.18 Å². The molecule has 0 aromatic carbocycles. The maximum atomic E-state index is 12.2. The Morgan fingerprint density at radius 1 is 1.17 bits per heavy atom. The van der Waals surface area contributed by atoms with E-state index in [2.05, 4.69) is 4.18 Å². The first-order chi connectivity index (χ1) is 8.26. The molecule has 0 aromatic heterocycles. The van der Waals surface area contributed by atoms with Crippen LogP contribution in [0.1, 0.15) is 6.42 Å². The summed E-state index contributed by atoms with van der Waals surface area (Å²) in [5, 5.41) is 0. The third-order valence-corrected chi connectivity index (χ3v) is 8.38. The maximum absolute atomic E-state index is 12.2. The van der Waals surface area contributed by atoms with Crippen LogP contribution in [0.15, 0.2) is 0 Å². The average molecular weight is 326 g/mol. The lowest BCUT2D eigenvalue weighted by atomic mass is 10.5. The van der Waals surface area contributed by atoms with E-state index in [1.807, 2.05) is 0 Å². The van der Waals surface area contributed by atoms with E-state index >= 15 is 0 Å². The molecule has 0 aliphatic rings. The minimum atomic E-state index is -4.25. The van der Waals surface area contributed by atoms with E-state index < -0.39 is 30.7 Å². The lowest BCUT2D eigenvalue weighted by Crippen LogP contribution is -2.45. The zero-order valence-electron chi connectivity index (χ0n) is 10.6. The SMILES string of the molecule is COSO[Si](C)(CCC(F)(F)F)O[SiH](OC)OC. The molecular formula is C7H17F3O5SSi2. The summed E-state index contributed by atoms with van der Waals surface area (Å²) < 4.78 is 61.8. The summed E-state index contributed by atoms with van der Waals surface area (Å²) in [4.78, 5) is 0. The van der Waals surface area contributed by atoms with E-state index in [4.69, 9.17) is 16.8 Å². The first-order valence-corrected chi connectivity index (χ1v) is 9.55. The molecule has 110 valence electrons. The highest BCUT2D eigenvalue weighted by Gasteiger charge is 2.41. The summed E-state index contributed by atoms with van der Waals surface area (Å²) >= 11 is 0.609. The normalized spacial score (nSPS) is 16.0. The van der Waals surface area contributed by atoms with Crippen molar-refractivity contribution in [2.24, 2.45) is 0 Å². The maximum Gasteiger partial charge on any atom is 0.474 e. The van der Waals surface area contributed by atoms with Crippen molar-refractivity contribution >= 4 is 30.4 Å². The van der Waals surface area contributed by atoms with Gasteiger partial charge in [0.2, 0.25) is 0 Å². The molecule has 0 aliphatic heterocycles. The predicted molar refractivity (Wildman–Crippen MR) is 65.0 cm³/mol. The number of alkyl halides is 3. The summed E-state index contributed by atoms with van der Waals surface area (Å²) in [6.07, 6.45) is -5.23. The third kappa shape index (κ3) is 8.47. The van der Waals surface area contributed by atoms with E-state index in [9.17, 15) is 13.2 Å². The highest BCUT2D eigenvalue weighted by Crippen LogP contribution is 2.30. The van der Waals surface area contributed by atoms with E-state index in [1.54, 1.807) is 0 Å². The standard InChI is InChI=1S/C7H17F3O5SSi2/c1-11-16-14-18(4,6-5-7(8,9)10)15-17(12-2)13-3/h17H,5-6H2,1-4H3. The molecule has 11 heteroatoms. The largest absolute Gasteiger partial charge is 0.474 e. The molecule has 18 heavy (non-hydrogen) atoms. The quantitative estimate of drug-likeness (QED) is 0.478. The lowest BCUT2D eigenvalue weighted by Gasteiger charge is -2.28. The van der Waals surface area contributed by atoms with Crippen LogP contribution in [0.25, 0.3) is 0 Å². The van der Waals surface area contributed by atoms with Crippen molar-refractivity contribution in [3.05, 3.63) is 0 Å². The van der Waals surface area contributed by atoms with Gasteiger partial charge in [-0.05, 0) is 12.6 Å². The van der Waals surface area contributed by atoms with Crippen molar-refractivity contribution in [2.45, 2.75) is 25.2 Å². The fourth-order valence-corrected chi connectivity index (χ4v) is 6.48. The molecule has 0 fully saturated rings. The Morgan fingerprint density at radius 2 is 1.72 bits per heavy atom. The molecule has 0 saturated carbocycles. The third-order valence-electron chi connectivity index (χ3n) is 1.87. The van der Waals surface area contributed by atoms with Crippen molar-refractivity contribution in [1.29, 1.82) is 0 Å². The highest BCUT2D eigenvalue weighted by atomic mass is 32.2. The van der Waals surface area contributed by atoms with Gasteiger partial charge in [0.15, 0.2) is 0 Å². The first kappa shape index (κ1) is 18.4. The van der Waals surface area contributed by atoms with Crippen LogP contribution < -0.4 is 0 Å². The Balaban J connectivity index is 4.50. The van der Waals surface area contributed by atoms with Crippen molar-refractivity contribution in [2.75, 3.05) is 21.3 Å². The Hall–Kier alpha value is 0.374. The molecule has 0 heterocycles. The minimum absolute atomic E-state index is 0.247. The van der Waals surface area contributed by atoms with E-state index in [0.717, 1.165) is 0 Å². The van der Waals surface area contributed by atoms with Gasteiger partial charge in [-0.2, -0.15) is 13.2 Å². The molecule has 0 aliphatic carbocycles. The van der Waals surface area contributed by atoms with Crippen LogP contribution in [-0.4, -0.2) is 45.6 Å². The zero-order valence-corrected chi connectivity index (χ0v) is 13.5. The Bertz CT molecular complexity index is 232. The summed E-state index contributed by atoms with van der Waals surface area (Å²) in [7, 11) is -1.39. The first-order valence-electron chi connectivity index (χ1n) is 4.95. The highest BCUT2D eigenvalue weighted by molar-refractivity contribution is 7.90. The molecular weight excluding hydrogens is 309 g/mol. The van der Waals surface area contributed by atoms with Crippen LogP contribution in [0, 0.1) is 0 Å². The molecule has 0 aromatic rings.